The second-order valence-electron chi connectivity index (χ2n) is 3.84. The summed E-state index contributed by atoms with van der Waals surface area (Å²) >= 11 is 0. The molecule has 0 aromatic heterocycles. The fraction of sp³-hybridized carbons (Fsp3) is 0.273. The lowest BCUT2D eigenvalue weighted by Crippen LogP contribution is -2.17. The predicted molar refractivity (Wildman–Crippen MR) is 61.0 cm³/mol. The van der Waals surface area contributed by atoms with E-state index in [2.05, 4.69) is 0 Å². The van der Waals surface area contributed by atoms with Crippen molar-refractivity contribution in [3.05, 3.63) is 28.8 Å². The maximum atomic E-state index is 11.5. The molecule has 5 nitrogen and oxygen atoms in total. The van der Waals surface area contributed by atoms with Gasteiger partial charge in [-0.05, 0) is 37.1 Å². The van der Waals surface area contributed by atoms with Crippen LogP contribution in [0.5, 0.6) is 0 Å². The number of carboxylic acids is 1. The summed E-state index contributed by atoms with van der Waals surface area (Å²) in [5.74, 6) is -2.88. The zero-order valence-corrected chi connectivity index (χ0v) is 10.5. The van der Waals surface area contributed by atoms with Gasteiger partial charge in [0.25, 0.3) is 5.78 Å². The molecule has 0 aliphatic heterocycles. The molecule has 1 N–H and O–H groups in total. The molecule has 0 amide bonds. The van der Waals surface area contributed by atoms with E-state index in [0.717, 1.165) is 6.26 Å². The Morgan fingerprint density at radius 1 is 1.12 bits per heavy atom. The molecule has 0 atom stereocenters. The number of Topliss-reactive ketones (excluding diaryl/α,β-unsaturated/α-hetero) is 1. The zero-order valence-electron chi connectivity index (χ0n) is 9.64. The van der Waals surface area contributed by atoms with Gasteiger partial charge in [0.15, 0.2) is 9.84 Å². The molecule has 1 aromatic carbocycles. The minimum absolute atomic E-state index is 0.243. The van der Waals surface area contributed by atoms with Crippen LogP contribution in [0, 0.1) is 13.8 Å². The van der Waals surface area contributed by atoms with Crippen LogP contribution >= 0.6 is 0 Å². The Morgan fingerprint density at radius 2 is 1.59 bits per heavy atom. The summed E-state index contributed by atoms with van der Waals surface area (Å²) in [5, 5.41) is 8.64. The minimum atomic E-state index is -3.64. The lowest BCUT2D eigenvalue weighted by molar-refractivity contribution is -0.131. The van der Waals surface area contributed by atoms with Crippen LogP contribution in [0.4, 0.5) is 0 Å². The van der Waals surface area contributed by atoms with Crippen molar-refractivity contribution in [2.45, 2.75) is 18.7 Å². The Balaban J connectivity index is 3.64. The lowest BCUT2D eigenvalue weighted by Gasteiger charge is -2.08. The number of benzene rings is 1. The highest BCUT2D eigenvalue weighted by Crippen LogP contribution is 2.21. The highest BCUT2D eigenvalue weighted by Gasteiger charge is 2.24. The minimum Gasteiger partial charge on any atom is -0.475 e. The van der Waals surface area contributed by atoms with Gasteiger partial charge in [-0.3, -0.25) is 4.79 Å². The van der Waals surface area contributed by atoms with Crippen LogP contribution in [-0.2, 0) is 14.6 Å². The normalized spacial score (nSPS) is 11.2. The van der Waals surface area contributed by atoms with E-state index in [-0.39, 0.29) is 10.5 Å². The van der Waals surface area contributed by atoms with Gasteiger partial charge >= 0.3 is 5.97 Å². The molecule has 0 fully saturated rings. The largest absolute Gasteiger partial charge is 0.475 e. The summed E-state index contributed by atoms with van der Waals surface area (Å²) < 4.78 is 23.0. The summed E-state index contributed by atoms with van der Waals surface area (Å²) in [6, 6.07) is 2.61. The van der Waals surface area contributed by atoms with Crippen molar-refractivity contribution in [3.63, 3.8) is 0 Å². The molecule has 1 rings (SSSR count). The molecule has 1 aromatic rings. The molecule has 0 unspecified atom stereocenters. The van der Waals surface area contributed by atoms with E-state index < -0.39 is 21.6 Å². The maximum Gasteiger partial charge on any atom is 0.377 e. The van der Waals surface area contributed by atoms with Crippen molar-refractivity contribution >= 4 is 21.6 Å². The van der Waals surface area contributed by atoms with Crippen LogP contribution in [0.25, 0.3) is 0 Å². The average molecular weight is 256 g/mol. The SMILES string of the molecule is Cc1cc(C(=O)C(=O)O)c(S(C)(=O)=O)cc1C. The van der Waals surface area contributed by atoms with Crippen molar-refractivity contribution in [3.8, 4) is 0 Å². The number of carboxylic acid groups (broad SMARTS) is 1. The van der Waals surface area contributed by atoms with Gasteiger partial charge in [-0.2, -0.15) is 0 Å². The van der Waals surface area contributed by atoms with Gasteiger partial charge in [-0.1, -0.05) is 0 Å². The molecule has 0 aliphatic rings. The van der Waals surface area contributed by atoms with E-state index in [9.17, 15) is 18.0 Å². The molecule has 0 bridgehead atoms. The Kier molecular flexibility index (Phi) is 3.38. The third-order valence-electron chi connectivity index (χ3n) is 2.43. The summed E-state index contributed by atoms with van der Waals surface area (Å²) in [6.45, 7) is 3.37. The molecule has 92 valence electrons. The Hall–Kier alpha value is -1.69. The topological polar surface area (TPSA) is 88.5 Å². The van der Waals surface area contributed by atoms with E-state index >= 15 is 0 Å². The van der Waals surface area contributed by atoms with Crippen LogP contribution in [0.15, 0.2) is 17.0 Å². The molecule has 0 radical (unpaired) electrons. The van der Waals surface area contributed by atoms with Crippen molar-refractivity contribution in [2.24, 2.45) is 0 Å². The number of ketones is 1. The highest BCUT2D eigenvalue weighted by molar-refractivity contribution is 7.90. The molecule has 0 aliphatic carbocycles. The summed E-state index contributed by atoms with van der Waals surface area (Å²) in [7, 11) is -3.64. The first-order chi connectivity index (χ1) is 7.64. The molecule has 0 heterocycles. The van der Waals surface area contributed by atoms with Crippen molar-refractivity contribution in [2.75, 3.05) is 6.26 Å². The van der Waals surface area contributed by atoms with E-state index in [0.29, 0.717) is 11.1 Å². The van der Waals surface area contributed by atoms with Gasteiger partial charge in [0, 0.05) is 11.8 Å². The number of rotatable bonds is 3. The molecule has 0 spiro atoms. The van der Waals surface area contributed by atoms with E-state index in [1.807, 2.05) is 0 Å². The second kappa shape index (κ2) is 4.29. The van der Waals surface area contributed by atoms with Gasteiger partial charge in [-0.15, -0.1) is 0 Å². The number of aliphatic carboxylic acids is 1. The predicted octanol–water partition coefficient (Wildman–Crippen LogP) is 0.974. The summed E-state index contributed by atoms with van der Waals surface area (Å²) in [6.07, 6.45) is 0.940. The maximum absolute atomic E-state index is 11.5. The standard InChI is InChI=1S/C11H12O5S/c1-6-4-8(10(12)11(13)14)9(5-7(6)2)17(3,15)16/h4-5H,1-3H3,(H,13,14). The molecule has 17 heavy (non-hydrogen) atoms. The van der Waals surface area contributed by atoms with Gasteiger partial charge in [0.2, 0.25) is 0 Å². The van der Waals surface area contributed by atoms with Crippen LogP contribution in [0.1, 0.15) is 21.5 Å². The number of carbonyl (C=O) groups excluding carboxylic acids is 1. The molecule has 0 saturated carbocycles. The Morgan fingerprint density at radius 3 is 2.00 bits per heavy atom. The number of aryl methyl sites for hydroxylation is 2. The fourth-order valence-corrected chi connectivity index (χ4v) is 2.33. The monoisotopic (exact) mass is 256 g/mol. The summed E-state index contributed by atoms with van der Waals surface area (Å²) in [4.78, 5) is 21.8. The van der Waals surface area contributed by atoms with Gasteiger partial charge in [0.1, 0.15) is 0 Å². The molecule has 6 heteroatoms. The van der Waals surface area contributed by atoms with E-state index in [4.69, 9.17) is 5.11 Å². The Bertz CT molecular complexity index is 599. The number of sulfone groups is 1. The fourth-order valence-electron chi connectivity index (χ4n) is 1.39. The Labute approximate surface area is 99.0 Å². The number of carbonyl (C=O) groups is 2. The smallest absolute Gasteiger partial charge is 0.377 e. The second-order valence-corrected chi connectivity index (χ2v) is 5.82. The number of hydrogen-bond acceptors (Lipinski definition) is 4. The van der Waals surface area contributed by atoms with Crippen molar-refractivity contribution in [1.29, 1.82) is 0 Å². The van der Waals surface area contributed by atoms with Crippen LogP contribution in [-0.4, -0.2) is 31.5 Å². The van der Waals surface area contributed by atoms with Gasteiger partial charge in [0.05, 0.1) is 4.90 Å². The van der Waals surface area contributed by atoms with Gasteiger partial charge < -0.3 is 5.11 Å². The van der Waals surface area contributed by atoms with E-state index in [1.54, 1.807) is 13.8 Å². The molecular formula is C11H12O5S. The van der Waals surface area contributed by atoms with Crippen molar-refractivity contribution < 1.29 is 23.1 Å². The van der Waals surface area contributed by atoms with E-state index in [1.165, 1.54) is 12.1 Å². The van der Waals surface area contributed by atoms with Crippen LogP contribution in [0.3, 0.4) is 0 Å². The highest BCUT2D eigenvalue weighted by atomic mass is 32.2. The zero-order chi connectivity index (χ0) is 13.4. The summed E-state index contributed by atoms with van der Waals surface area (Å²) in [5.41, 5.74) is 1.07. The van der Waals surface area contributed by atoms with Crippen LogP contribution < -0.4 is 0 Å². The first-order valence-corrected chi connectivity index (χ1v) is 6.62. The molecular weight excluding hydrogens is 244 g/mol. The third kappa shape index (κ3) is 2.71. The van der Waals surface area contributed by atoms with Crippen molar-refractivity contribution in [1.82, 2.24) is 0 Å². The first-order valence-electron chi connectivity index (χ1n) is 4.73. The lowest BCUT2D eigenvalue weighted by atomic mass is 10.0. The van der Waals surface area contributed by atoms with Gasteiger partial charge in [-0.25, -0.2) is 13.2 Å². The quantitative estimate of drug-likeness (QED) is 0.643. The first kappa shape index (κ1) is 13.4. The average Bonchev–Trinajstić information content (AvgIpc) is 2.18. The third-order valence-corrected chi connectivity index (χ3v) is 3.57. The molecule has 0 saturated heterocycles. The van der Waals surface area contributed by atoms with Crippen LogP contribution in [0.2, 0.25) is 0 Å². The number of hydrogen-bond donors (Lipinski definition) is 1.